The predicted molar refractivity (Wildman–Crippen MR) is 499 cm³/mol. The molecule has 4 aliphatic rings. The molecule has 0 spiro atoms. The van der Waals surface area contributed by atoms with E-state index in [1.165, 1.54) is 87.7 Å². The van der Waals surface area contributed by atoms with E-state index in [-0.39, 0.29) is 35.1 Å². The molecule has 20 rings (SSSR count). The molecule has 0 radical (unpaired) electrons. The summed E-state index contributed by atoms with van der Waals surface area (Å²) in [6, 6.07) is 134. The number of para-hydroxylation sites is 7. The number of rotatable bonds is 11. The third-order valence-electron chi connectivity index (χ3n) is 24.6. The number of hydrogen-bond donors (Lipinski definition) is 0. The van der Waals surface area contributed by atoms with Gasteiger partial charge in [-0.1, -0.05) is 308 Å². The van der Waals surface area contributed by atoms with Gasteiger partial charge in [0.15, 0.2) is 0 Å². The van der Waals surface area contributed by atoms with Gasteiger partial charge in [0.1, 0.15) is 0 Å². The Bertz CT molecular complexity index is 6340. The van der Waals surface area contributed by atoms with Gasteiger partial charge in [0.2, 0.25) is 0 Å². The van der Waals surface area contributed by atoms with E-state index in [4.69, 9.17) is 0 Å². The van der Waals surface area contributed by atoms with Gasteiger partial charge in [-0.3, -0.25) is 0 Å². The van der Waals surface area contributed by atoms with Crippen LogP contribution < -0.4 is 62.2 Å². The molecule has 0 saturated heterocycles. The zero-order valence-corrected chi connectivity index (χ0v) is 68.3. The number of fused-ring (bicyclic) bond motifs is 10. The van der Waals surface area contributed by atoms with Crippen LogP contribution in [0.3, 0.4) is 0 Å². The topological polar surface area (TPSA) is 19.4 Å². The second kappa shape index (κ2) is 27.3. The normalized spacial score (nSPS) is 13.4. The summed E-state index contributed by atoms with van der Waals surface area (Å²) in [5.41, 5.74) is 34.0. The van der Waals surface area contributed by atoms with Crippen molar-refractivity contribution in [2.24, 2.45) is 0 Å². The maximum absolute atomic E-state index is 2.73. The highest BCUT2D eigenvalue weighted by atomic mass is 15.2. The monoisotopic (exact) mass is 1500 g/mol. The van der Waals surface area contributed by atoms with Gasteiger partial charge in [-0.2, -0.15) is 0 Å². The Hall–Kier alpha value is -13.0. The maximum atomic E-state index is 2.73. The van der Waals surface area contributed by atoms with E-state index in [1.54, 1.807) is 0 Å². The number of anilines is 18. The lowest BCUT2D eigenvalue weighted by Crippen LogP contribution is -2.65. The fraction of sp³-hybridized carbons (Fsp3) is 0.148. The van der Waals surface area contributed by atoms with Gasteiger partial charge in [0.05, 0.1) is 17.1 Å². The minimum atomic E-state index is -0.285. The molecular formula is C108H94B2N6. The first kappa shape index (κ1) is 72.0. The molecule has 16 aromatic carbocycles. The van der Waals surface area contributed by atoms with Gasteiger partial charge in [-0.25, -0.2) is 0 Å². The first-order chi connectivity index (χ1) is 56.1. The van der Waals surface area contributed by atoms with Crippen LogP contribution >= 0.6 is 0 Å². The van der Waals surface area contributed by atoms with Gasteiger partial charge in [-0.15, -0.1) is 0 Å². The van der Waals surface area contributed by atoms with E-state index in [0.29, 0.717) is 0 Å². The summed E-state index contributed by atoms with van der Waals surface area (Å²) in [5, 5.41) is 4.75. The van der Waals surface area contributed by atoms with E-state index in [0.717, 1.165) is 102 Å². The molecule has 0 atom stereocenters. The quantitative estimate of drug-likeness (QED) is 0.0943. The molecule has 0 N–H and O–H groups in total. The summed E-state index contributed by atoms with van der Waals surface area (Å²) in [6.07, 6.45) is 0. The molecule has 0 saturated carbocycles. The Morgan fingerprint density at radius 3 is 0.871 bits per heavy atom. The van der Waals surface area contributed by atoms with Crippen LogP contribution in [0, 0.1) is 0 Å². The maximum Gasteiger partial charge on any atom is 0.252 e. The van der Waals surface area contributed by atoms with E-state index in [9.17, 15) is 0 Å². The Morgan fingerprint density at radius 1 is 0.216 bits per heavy atom. The second-order valence-electron chi connectivity index (χ2n) is 36.2. The molecule has 0 aliphatic carbocycles. The summed E-state index contributed by atoms with van der Waals surface area (Å²) < 4.78 is 0. The van der Waals surface area contributed by atoms with Crippen LogP contribution in [0.2, 0.25) is 0 Å². The second-order valence-corrected chi connectivity index (χ2v) is 36.2. The van der Waals surface area contributed by atoms with E-state index in [2.05, 4.69) is 464 Å². The molecule has 0 unspecified atom stereocenters. The van der Waals surface area contributed by atoms with Crippen LogP contribution in [-0.2, 0) is 21.7 Å². The van der Waals surface area contributed by atoms with Crippen molar-refractivity contribution in [3.63, 3.8) is 0 Å². The van der Waals surface area contributed by atoms with E-state index >= 15 is 0 Å². The summed E-state index contributed by atoms with van der Waals surface area (Å²) in [7, 11) is 0. The van der Waals surface area contributed by atoms with Gasteiger partial charge >= 0.3 is 0 Å². The van der Waals surface area contributed by atoms with Gasteiger partial charge in [0, 0.05) is 96.1 Å². The van der Waals surface area contributed by atoms with Crippen molar-refractivity contribution in [2.75, 3.05) is 29.4 Å². The highest BCUT2D eigenvalue weighted by molar-refractivity contribution is 7.03. The minimum absolute atomic E-state index is 0.217. The Kier molecular flexibility index (Phi) is 17.0. The molecule has 0 aromatic heterocycles. The highest BCUT2D eigenvalue weighted by Gasteiger charge is 2.50. The smallest absolute Gasteiger partial charge is 0.252 e. The average Bonchev–Trinajstić information content (AvgIpc) is 0.678. The zero-order valence-electron chi connectivity index (χ0n) is 68.3. The third kappa shape index (κ3) is 11.9. The van der Waals surface area contributed by atoms with Gasteiger partial charge < -0.3 is 29.4 Å². The highest BCUT2D eigenvalue weighted by Crippen LogP contribution is 2.56. The zero-order chi connectivity index (χ0) is 79.3. The van der Waals surface area contributed by atoms with Crippen molar-refractivity contribution in [1.82, 2.24) is 0 Å². The molecule has 562 valence electrons. The molecule has 8 heteroatoms. The van der Waals surface area contributed by atoms with Crippen LogP contribution in [0.5, 0.6) is 0 Å². The SMILES string of the molecule is CC(C)(C)c1cc(N2c3cc4c(cc3B3c5ccccc5N(c5ccccc5)c5cc(N(c6ccccc6)c6ccccc6)cc2c53)B2c3ccccc3N(c3c5ccccc5c(-c5ccccc5)c5ccccc35)c3cc(N(c5ccccc5)c5ccccc5)cc(c32)N4c2cc(C(C)(C)C)cc(C(C)(C)C)c2)cc(C(C)(C)C)c1. The Balaban J connectivity index is 0.972. The molecule has 4 aliphatic heterocycles. The number of benzene rings is 16. The fourth-order valence-corrected chi connectivity index (χ4v) is 18.9. The van der Waals surface area contributed by atoms with Gasteiger partial charge in [-0.05, 0) is 226 Å². The summed E-state index contributed by atoms with van der Waals surface area (Å²) in [5.74, 6) is 0. The first-order valence-corrected chi connectivity index (χ1v) is 41.2. The van der Waals surface area contributed by atoms with E-state index in [1.807, 2.05) is 0 Å². The summed E-state index contributed by atoms with van der Waals surface area (Å²) in [4.78, 5) is 15.6. The van der Waals surface area contributed by atoms with Gasteiger partial charge in [0.25, 0.3) is 13.4 Å². The van der Waals surface area contributed by atoms with Crippen LogP contribution in [0.1, 0.15) is 105 Å². The standard InChI is InChI=1S/C108H94B2N6/c1-105(2,3)72-59-73(106(4,5)6)62-81(61-72)114-95-70-96-92(69-91(95)109-89-55-35-37-57-93(89)113(80-49-29-18-30-50-80)97-65-83(66-98(114)102(97)109)111(76-41-21-14-22-42-76)77-43-23-15-24-44-77)110-90-56-36-38-58-94(90)116(104-87-53-33-31-51-85(87)101(71-39-19-13-20-40-71)86-52-32-34-54-88(86)104)100-68-84(112(78-45-25-16-26-46-78)79-47-27-17-28-48-79)67-99(103(100)110)115(96)82-63-74(107(7,8)9)60-75(64-82)108(10,11)12/h13-70H,1-12H3. The van der Waals surface area contributed by atoms with E-state index < -0.39 is 0 Å². The first-order valence-electron chi connectivity index (χ1n) is 41.2. The molecule has 16 aromatic rings. The third-order valence-corrected chi connectivity index (χ3v) is 24.6. The van der Waals surface area contributed by atoms with Crippen LogP contribution in [0.4, 0.5) is 102 Å². The number of hydrogen-bond acceptors (Lipinski definition) is 6. The summed E-state index contributed by atoms with van der Waals surface area (Å²) in [6.45, 7) is 28.0. The largest absolute Gasteiger partial charge is 0.311 e. The van der Waals surface area contributed by atoms with Crippen molar-refractivity contribution in [3.05, 3.63) is 374 Å². The van der Waals surface area contributed by atoms with Crippen molar-refractivity contribution < 1.29 is 0 Å². The average molecular weight is 1500 g/mol. The Morgan fingerprint density at radius 2 is 0.509 bits per heavy atom. The van der Waals surface area contributed by atoms with Crippen molar-refractivity contribution in [3.8, 4) is 11.1 Å². The lowest BCUT2D eigenvalue weighted by Gasteiger charge is -2.48. The lowest BCUT2D eigenvalue weighted by atomic mass is 9.30. The van der Waals surface area contributed by atoms with Crippen molar-refractivity contribution in [2.45, 2.75) is 105 Å². The lowest BCUT2D eigenvalue weighted by molar-refractivity contribution is 0.568. The molecule has 4 heterocycles. The molecule has 6 nitrogen and oxygen atoms in total. The van der Waals surface area contributed by atoms with Crippen molar-refractivity contribution in [1.29, 1.82) is 0 Å². The van der Waals surface area contributed by atoms with Crippen molar-refractivity contribution >= 4 is 170 Å². The van der Waals surface area contributed by atoms with Crippen LogP contribution in [-0.4, -0.2) is 13.4 Å². The van der Waals surface area contributed by atoms with Crippen LogP contribution in [0.15, 0.2) is 352 Å². The minimum Gasteiger partial charge on any atom is -0.311 e. The number of nitrogens with zero attached hydrogens (tertiary/aromatic N) is 6. The summed E-state index contributed by atoms with van der Waals surface area (Å²) >= 11 is 0. The van der Waals surface area contributed by atoms with Crippen LogP contribution in [0.25, 0.3) is 32.7 Å². The molecule has 116 heavy (non-hydrogen) atoms. The molecular weight excluding hydrogens is 1400 g/mol. The predicted octanol–water partition coefficient (Wildman–Crippen LogP) is 26.0. The molecule has 0 amide bonds. The Labute approximate surface area is 685 Å². The molecule has 0 fully saturated rings. The molecule has 0 bridgehead atoms. The fourth-order valence-electron chi connectivity index (χ4n) is 18.9.